The molecule has 0 radical (unpaired) electrons. The standard InChI is InChI=1S/C18H10F7N5O/c19-14-6-27-2-1-12(14)13(15(26)31)7-30-8-28-16(29-30)9-3-10(17(20,21)22)5-11(4-9)18(23,24)25/h1-8H,(H2,26,31). The Morgan fingerprint density at radius 1 is 1.03 bits per heavy atom. The highest BCUT2D eigenvalue weighted by Gasteiger charge is 2.37. The first-order chi connectivity index (χ1) is 14.4. The number of primary amides is 1. The number of aromatic nitrogens is 4. The van der Waals surface area contributed by atoms with Crippen LogP contribution in [0.1, 0.15) is 16.7 Å². The monoisotopic (exact) mass is 445 g/mol. The van der Waals surface area contributed by atoms with Crippen LogP contribution in [0.25, 0.3) is 23.2 Å². The van der Waals surface area contributed by atoms with Gasteiger partial charge in [-0.3, -0.25) is 9.78 Å². The lowest BCUT2D eigenvalue weighted by molar-refractivity contribution is -0.143. The molecule has 0 aliphatic rings. The molecule has 6 nitrogen and oxygen atoms in total. The molecule has 2 aromatic heterocycles. The van der Waals surface area contributed by atoms with E-state index < -0.39 is 46.6 Å². The minimum atomic E-state index is -5.05. The molecule has 0 aliphatic carbocycles. The Hall–Kier alpha value is -3.77. The fourth-order valence-electron chi connectivity index (χ4n) is 2.55. The SMILES string of the molecule is NC(=O)C(=Cn1cnc(-c2cc(C(F)(F)F)cc(C(F)(F)F)c2)n1)c1ccncc1F. The van der Waals surface area contributed by atoms with Crippen LogP contribution in [-0.2, 0) is 17.1 Å². The second-order valence-electron chi connectivity index (χ2n) is 6.11. The summed E-state index contributed by atoms with van der Waals surface area (Å²) in [6, 6.07) is 2.02. The van der Waals surface area contributed by atoms with Crippen molar-refractivity contribution in [3.05, 3.63) is 65.5 Å². The van der Waals surface area contributed by atoms with E-state index in [0.29, 0.717) is 12.1 Å². The van der Waals surface area contributed by atoms with Crippen molar-refractivity contribution in [1.29, 1.82) is 0 Å². The molecule has 2 N–H and O–H groups in total. The largest absolute Gasteiger partial charge is 0.416 e. The number of hydrogen-bond acceptors (Lipinski definition) is 4. The number of rotatable bonds is 4. The fraction of sp³-hybridized carbons (Fsp3) is 0.111. The van der Waals surface area contributed by atoms with Crippen LogP contribution in [0.4, 0.5) is 30.7 Å². The van der Waals surface area contributed by atoms with E-state index in [1.54, 1.807) is 0 Å². The normalized spacial score (nSPS) is 12.8. The number of alkyl halides is 6. The summed E-state index contributed by atoms with van der Waals surface area (Å²) in [5.74, 6) is -2.45. The number of nitrogens with zero attached hydrogens (tertiary/aromatic N) is 4. The predicted molar refractivity (Wildman–Crippen MR) is 93.0 cm³/mol. The molecule has 0 atom stereocenters. The predicted octanol–water partition coefficient (Wildman–Crippen LogP) is 4.00. The second kappa shape index (κ2) is 7.81. The van der Waals surface area contributed by atoms with Gasteiger partial charge in [-0.1, -0.05) is 0 Å². The summed E-state index contributed by atoms with van der Waals surface area (Å²) in [6.07, 6.45) is -6.25. The van der Waals surface area contributed by atoms with Crippen LogP contribution in [0, 0.1) is 5.82 Å². The van der Waals surface area contributed by atoms with Crippen molar-refractivity contribution in [2.45, 2.75) is 12.4 Å². The molecule has 0 spiro atoms. The maximum Gasteiger partial charge on any atom is 0.416 e. The van der Waals surface area contributed by atoms with Crippen LogP contribution in [0.2, 0.25) is 0 Å². The molecule has 0 unspecified atom stereocenters. The molecule has 3 aromatic rings. The molecule has 31 heavy (non-hydrogen) atoms. The summed E-state index contributed by atoms with van der Waals surface area (Å²) >= 11 is 0. The van der Waals surface area contributed by atoms with E-state index in [2.05, 4.69) is 15.1 Å². The molecule has 0 aliphatic heterocycles. The number of hydrogen-bond donors (Lipinski definition) is 1. The number of nitrogens with two attached hydrogens (primary N) is 1. The Balaban J connectivity index is 2.08. The van der Waals surface area contributed by atoms with E-state index in [9.17, 15) is 35.5 Å². The Morgan fingerprint density at radius 3 is 2.16 bits per heavy atom. The highest BCUT2D eigenvalue weighted by Crippen LogP contribution is 2.38. The van der Waals surface area contributed by atoms with Crippen LogP contribution >= 0.6 is 0 Å². The van der Waals surface area contributed by atoms with Gasteiger partial charge in [-0.15, -0.1) is 5.10 Å². The second-order valence-corrected chi connectivity index (χ2v) is 6.11. The van der Waals surface area contributed by atoms with Crippen molar-refractivity contribution in [1.82, 2.24) is 19.7 Å². The lowest BCUT2D eigenvalue weighted by Crippen LogP contribution is -2.15. The molecule has 2 heterocycles. The third-order valence-electron chi connectivity index (χ3n) is 3.94. The molecule has 0 bridgehead atoms. The van der Waals surface area contributed by atoms with E-state index in [4.69, 9.17) is 5.73 Å². The van der Waals surface area contributed by atoms with Crippen molar-refractivity contribution in [3.8, 4) is 11.4 Å². The molecular formula is C18H10F7N5O. The van der Waals surface area contributed by atoms with Gasteiger partial charge in [-0.05, 0) is 24.3 Å². The Kier molecular flexibility index (Phi) is 5.53. The average Bonchev–Trinajstić information content (AvgIpc) is 3.14. The van der Waals surface area contributed by atoms with Gasteiger partial charge in [0.1, 0.15) is 12.1 Å². The maximum atomic E-state index is 13.9. The average molecular weight is 445 g/mol. The quantitative estimate of drug-likeness (QED) is 0.486. The summed E-state index contributed by atoms with van der Waals surface area (Å²) in [4.78, 5) is 18.9. The fourth-order valence-corrected chi connectivity index (χ4v) is 2.55. The van der Waals surface area contributed by atoms with E-state index in [1.165, 1.54) is 6.20 Å². The maximum absolute atomic E-state index is 13.9. The van der Waals surface area contributed by atoms with Gasteiger partial charge in [0.2, 0.25) is 0 Å². The summed E-state index contributed by atoms with van der Waals surface area (Å²) in [5.41, 5.74) is 0.970. The Labute approximate surface area is 168 Å². The van der Waals surface area contributed by atoms with E-state index >= 15 is 0 Å². The van der Waals surface area contributed by atoms with Gasteiger partial charge in [-0.2, -0.15) is 26.3 Å². The highest BCUT2D eigenvalue weighted by molar-refractivity contribution is 6.22. The molecule has 1 amide bonds. The van der Waals surface area contributed by atoms with Gasteiger partial charge in [0.25, 0.3) is 5.91 Å². The van der Waals surface area contributed by atoms with Gasteiger partial charge in [-0.25, -0.2) is 14.1 Å². The molecule has 1 aromatic carbocycles. The third kappa shape index (κ3) is 4.87. The van der Waals surface area contributed by atoms with Crippen molar-refractivity contribution in [3.63, 3.8) is 0 Å². The van der Waals surface area contributed by atoms with Crippen LogP contribution in [-0.4, -0.2) is 25.7 Å². The molecule has 162 valence electrons. The highest BCUT2D eigenvalue weighted by atomic mass is 19.4. The van der Waals surface area contributed by atoms with Crippen molar-refractivity contribution in [2.75, 3.05) is 0 Å². The van der Waals surface area contributed by atoms with Crippen LogP contribution < -0.4 is 5.73 Å². The van der Waals surface area contributed by atoms with Crippen molar-refractivity contribution in [2.24, 2.45) is 5.73 Å². The molecule has 0 fully saturated rings. The van der Waals surface area contributed by atoms with Crippen LogP contribution in [0.5, 0.6) is 0 Å². The smallest absolute Gasteiger partial charge is 0.366 e. The summed E-state index contributed by atoms with van der Waals surface area (Å²) in [5, 5.41) is 3.75. The first-order valence-electron chi connectivity index (χ1n) is 8.19. The number of pyridine rings is 1. The zero-order chi connectivity index (χ0) is 23.0. The van der Waals surface area contributed by atoms with E-state index in [-0.39, 0.29) is 17.2 Å². The Morgan fingerprint density at radius 2 is 1.65 bits per heavy atom. The van der Waals surface area contributed by atoms with E-state index in [1.807, 2.05) is 0 Å². The van der Waals surface area contributed by atoms with Crippen molar-refractivity contribution < 1.29 is 35.5 Å². The van der Waals surface area contributed by atoms with Crippen LogP contribution in [0.15, 0.2) is 43.0 Å². The van der Waals surface area contributed by atoms with Gasteiger partial charge in [0, 0.05) is 23.5 Å². The number of amides is 1. The lowest BCUT2D eigenvalue weighted by atomic mass is 10.0. The van der Waals surface area contributed by atoms with Gasteiger partial charge in [0.15, 0.2) is 5.82 Å². The summed E-state index contributed by atoms with van der Waals surface area (Å²) < 4.78 is 92.9. The zero-order valence-electron chi connectivity index (χ0n) is 15.0. The van der Waals surface area contributed by atoms with Crippen LogP contribution in [0.3, 0.4) is 0 Å². The summed E-state index contributed by atoms with van der Waals surface area (Å²) in [6.45, 7) is 0. The zero-order valence-corrected chi connectivity index (χ0v) is 15.0. The number of carbonyl (C=O) groups excluding carboxylic acids is 1. The third-order valence-corrected chi connectivity index (χ3v) is 3.94. The first kappa shape index (κ1) is 21.9. The molecule has 0 saturated carbocycles. The number of benzene rings is 1. The topological polar surface area (TPSA) is 86.7 Å². The first-order valence-corrected chi connectivity index (χ1v) is 8.19. The molecule has 3 rings (SSSR count). The van der Waals surface area contributed by atoms with E-state index in [0.717, 1.165) is 29.5 Å². The van der Waals surface area contributed by atoms with Gasteiger partial charge >= 0.3 is 12.4 Å². The molecule has 13 heteroatoms. The lowest BCUT2D eigenvalue weighted by Gasteiger charge is -2.13. The number of carbonyl (C=O) groups is 1. The Bertz CT molecular complexity index is 1130. The minimum absolute atomic E-state index is 0.0300. The molecule has 0 saturated heterocycles. The minimum Gasteiger partial charge on any atom is -0.366 e. The summed E-state index contributed by atoms with van der Waals surface area (Å²) in [7, 11) is 0. The number of halogens is 7. The van der Waals surface area contributed by atoms with Gasteiger partial charge in [0.05, 0.1) is 22.9 Å². The molecular weight excluding hydrogens is 435 g/mol. The van der Waals surface area contributed by atoms with Gasteiger partial charge < -0.3 is 5.73 Å². The van der Waals surface area contributed by atoms with Crippen molar-refractivity contribution >= 4 is 17.7 Å².